The Hall–Kier alpha value is 0.0169. The predicted octanol–water partition coefficient (Wildman–Crippen LogP) is 2.42. The normalized spacial score (nSPS) is 13.4. The number of hydrogen-bond donors (Lipinski definition) is 0. The topological polar surface area (TPSA) is 0 Å². The lowest BCUT2D eigenvalue weighted by molar-refractivity contribution is 1.08. The standard InChI is InChI=1S/C8H10Cl2Si/c1-5(11)7-3-2-6(9)4-8(7)10/h2-5H,1,11H3. The van der Waals surface area contributed by atoms with Crippen LogP contribution in [0.2, 0.25) is 10.0 Å². The monoisotopic (exact) mass is 204 g/mol. The first kappa shape index (κ1) is 9.11. The molecule has 60 valence electrons. The van der Waals surface area contributed by atoms with Crippen LogP contribution in [-0.4, -0.2) is 10.2 Å². The third-order valence-corrected chi connectivity index (χ3v) is 2.77. The number of rotatable bonds is 1. The van der Waals surface area contributed by atoms with E-state index in [2.05, 4.69) is 6.92 Å². The zero-order valence-corrected chi connectivity index (χ0v) is 10.1. The van der Waals surface area contributed by atoms with Crippen molar-refractivity contribution in [3.63, 3.8) is 0 Å². The van der Waals surface area contributed by atoms with Crippen LogP contribution in [0.1, 0.15) is 18.0 Å². The fourth-order valence-electron chi connectivity index (χ4n) is 0.970. The largest absolute Gasteiger partial charge is 0.0843 e. The lowest BCUT2D eigenvalue weighted by Crippen LogP contribution is -1.92. The van der Waals surface area contributed by atoms with Crippen molar-refractivity contribution in [3.8, 4) is 0 Å². The van der Waals surface area contributed by atoms with E-state index < -0.39 is 0 Å². The van der Waals surface area contributed by atoms with Gasteiger partial charge in [0.2, 0.25) is 0 Å². The molecule has 1 aromatic carbocycles. The fraction of sp³-hybridized carbons (Fsp3) is 0.250. The highest BCUT2D eigenvalue weighted by Crippen LogP contribution is 2.25. The summed E-state index contributed by atoms with van der Waals surface area (Å²) in [5.41, 5.74) is 1.81. The minimum atomic E-state index is 0.597. The van der Waals surface area contributed by atoms with Crippen molar-refractivity contribution >= 4 is 33.4 Å². The van der Waals surface area contributed by atoms with Crippen molar-refractivity contribution in [2.24, 2.45) is 0 Å². The summed E-state index contributed by atoms with van der Waals surface area (Å²) in [4.78, 5) is 0. The first-order valence-corrected chi connectivity index (χ1v) is 5.47. The van der Waals surface area contributed by atoms with E-state index >= 15 is 0 Å². The van der Waals surface area contributed by atoms with Gasteiger partial charge < -0.3 is 0 Å². The molecule has 0 saturated heterocycles. The number of halogens is 2. The van der Waals surface area contributed by atoms with E-state index in [-0.39, 0.29) is 0 Å². The van der Waals surface area contributed by atoms with Gasteiger partial charge in [-0.2, -0.15) is 0 Å². The van der Waals surface area contributed by atoms with Gasteiger partial charge in [0.25, 0.3) is 0 Å². The molecule has 0 radical (unpaired) electrons. The number of benzene rings is 1. The molecule has 0 N–H and O–H groups in total. The maximum Gasteiger partial charge on any atom is 0.0452 e. The molecule has 0 aliphatic heterocycles. The highest BCUT2D eigenvalue weighted by Gasteiger charge is 2.03. The Morgan fingerprint density at radius 2 is 2.00 bits per heavy atom. The zero-order chi connectivity index (χ0) is 8.43. The minimum absolute atomic E-state index is 0.597. The Morgan fingerprint density at radius 3 is 2.45 bits per heavy atom. The van der Waals surface area contributed by atoms with Crippen molar-refractivity contribution in [2.45, 2.75) is 12.5 Å². The molecule has 0 nitrogen and oxygen atoms in total. The molecule has 3 heteroatoms. The quantitative estimate of drug-likeness (QED) is 0.617. The van der Waals surface area contributed by atoms with Crippen LogP contribution in [0.15, 0.2) is 18.2 Å². The summed E-state index contributed by atoms with van der Waals surface area (Å²) >= 11 is 11.7. The molecule has 0 amide bonds. The van der Waals surface area contributed by atoms with Gasteiger partial charge in [0.1, 0.15) is 0 Å². The second-order valence-corrected chi connectivity index (χ2v) is 5.40. The summed E-state index contributed by atoms with van der Waals surface area (Å²) in [5, 5.41) is 1.50. The molecule has 1 aromatic rings. The third kappa shape index (κ3) is 2.22. The summed E-state index contributed by atoms with van der Waals surface area (Å²) in [6.07, 6.45) is 0. The van der Waals surface area contributed by atoms with E-state index in [1.165, 1.54) is 5.56 Å². The van der Waals surface area contributed by atoms with Crippen molar-refractivity contribution in [2.75, 3.05) is 0 Å². The molecule has 0 bridgehead atoms. The maximum absolute atomic E-state index is 5.96. The van der Waals surface area contributed by atoms with E-state index in [0.29, 0.717) is 10.6 Å². The van der Waals surface area contributed by atoms with Crippen molar-refractivity contribution in [3.05, 3.63) is 33.8 Å². The SMILES string of the molecule is CC([SiH3])c1ccc(Cl)cc1Cl. The Balaban J connectivity index is 3.09. The second kappa shape index (κ2) is 3.61. The third-order valence-electron chi connectivity index (χ3n) is 1.58. The van der Waals surface area contributed by atoms with Gasteiger partial charge in [-0.25, -0.2) is 0 Å². The van der Waals surface area contributed by atoms with Gasteiger partial charge in [-0.3, -0.25) is 0 Å². The zero-order valence-electron chi connectivity index (χ0n) is 6.57. The van der Waals surface area contributed by atoms with E-state index in [9.17, 15) is 0 Å². The van der Waals surface area contributed by atoms with Crippen LogP contribution in [0.5, 0.6) is 0 Å². The maximum atomic E-state index is 5.96. The van der Waals surface area contributed by atoms with Crippen LogP contribution in [-0.2, 0) is 0 Å². The van der Waals surface area contributed by atoms with Crippen LogP contribution < -0.4 is 0 Å². The molecule has 0 heterocycles. The van der Waals surface area contributed by atoms with Crippen molar-refractivity contribution in [1.82, 2.24) is 0 Å². The van der Waals surface area contributed by atoms with Crippen LogP contribution >= 0.6 is 23.2 Å². The molecule has 0 aliphatic carbocycles. The van der Waals surface area contributed by atoms with Crippen LogP contribution in [0.3, 0.4) is 0 Å². The number of hydrogen-bond acceptors (Lipinski definition) is 0. The lowest BCUT2D eigenvalue weighted by atomic mass is 10.2. The van der Waals surface area contributed by atoms with Crippen molar-refractivity contribution in [1.29, 1.82) is 0 Å². The molecule has 0 fully saturated rings. The average Bonchev–Trinajstić information content (AvgIpc) is 1.85. The van der Waals surface area contributed by atoms with Gasteiger partial charge >= 0.3 is 0 Å². The van der Waals surface area contributed by atoms with Gasteiger partial charge in [-0.1, -0.05) is 36.2 Å². The first-order chi connectivity index (χ1) is 5.11. The fourth-order valence-corrected chi connectivity index (χ4v) is 2.28. The Bertz CT molecular complexity index is 258. The summed E-state index contributed by atoms with van der Waals surface area (Å²) in [5.74, 6) is 0. The van der Waals surface area contributed by atoms with E-state index in [1.807, 2.05) is 12.1 Å². The van der Waals surface area contributed by atoms with Crippen LogP contribution in [0.25, 0.3) is 0 Å². The molecule has 0 aromatic heterocycles. The van der Waals surface area contributed by atoms with Crippen LogP contribution in [0.4, 0.5) is 0 Å². The summed E-state index contributed by atoms with van der Waals surface area (Å²) in [6, 6.07) is 5.69. The van der Waals surface area contributed by atoms with Gasteiger partial charge in [-0.15, -0.1) is 0 Å². The highest BCUT2D eigenvalue weighted by atomic mass is 35.5. The first-order valence-electron chi connectivity index (χ1n) is 3.56. The van der Waals surface area contributed by atoms with Crippen molar-refractivity contribution < 1.29 is 0 Å². The van der Waals surface area contributed by atoms with Gasteiger partial charge in [0, 0.05) is 20.3 Å². The summed E-state index contributed by atoms with van der Waals surface area (Å²) in [6.45, 7) is 2.17. The molecule has 1 rings (SSSR count). The van der Waals surface area contributed by atoms with E-state index in [0.717, 1.165) is 15.3 Å². The van der Waals surface area contributed by atoms with Gasteiger partial charge in [0.05, 0.1) is 0 Å². The average molecular weight is 205 g/mol. The second-order valence-electron chi connectivity index (χ2n) is 2.82. The summed E-state index contributed by atoms with van der Waals surface area (Å²) in [7, 11) is 1.13. The molecule has 0 spiro atoms. The Morgan fingerprint density at radius 1 is 1.36 bits per heavy atom. The Labute approximate surface area is 79.9 Å². The highest BCUT2D eigenvalue weighted by molar-refractivity contribution is 6.35. The molecule has 1 atom stereocenters. The Kier molecular flexibility index (Phi) is 2.99. The molecular weight excluding hydrogens is 195 g/mol. The van der Waals surface area contributed by atoms with Gasteiger partial charge in [0.15, 0.2) is 0 Å². The van der Waals surface area contributed by atoms with E-state index in [1.54, 1.807) is 6.07 Å². The molecule has 0 aliphatic rings. The predicted molar refractivity (Wildman–Crippen MR) is 54.8 cm³/mol. The smallest absolute Gasteiger partial charge is 0.0452 e. The molecule has 0 saturated carbocycles. The molecule has 11 heavy (non-hydrogen) atoms. The molecule has 1 unspecified atom stereocenters. The summed E-state index contributed by atoms with van der Waals surface area (Å²) < 4.78 is 0. The minimum Gasteiger partial charge on any atom is -0.0843 e. The molecular formula is C8H10Cl2Si. The van der Waals surface area contributed by atoms with E-state index in [4.69, 9.17) is 23.2 Å². The van der Waals surface area contributed by atoms with Crippen LogP contribution in [0, 0.1) is 0 Å². The lowest BCUT2D eigenvalue weighted by Gasteiger charge is -2.06. The van der Waals surface area contributed by atoms with Gasteiger partial charge in [-0.05, 0) is 23.2 Å².